The molecule has 0 spiro atoms. The molecular formula is C9H13FN2. The summed E-state index contributed by atoms with van der Waals surface area (Å²) < 4.78 is 12.0. The summed E-state index contributed by atoms with van der Waals surface area (Å²) >= 11 is 0. The molecule has 2 nitrogen and oxygen atoms in total. The zero-order chi connectivity index (χ0) is 8.97. The molecule has 1 rings (SSSR count). The highest BCUT2D eigenvalue weighted by Gasteiger charge is 2.01. The van der Waals surface area contributed by atoms with Crippen LogP contribution in [0.3, 0.4) is 0 Å². The number of rotatable bonds is 3. The van der Waals surface area contributed by atoms with Crippen LogP contribution < -0.4 is 11.5 Å². The summed E-state index contributed by atoms with van der Waals surface area (Å²) in [6.07, 6.45) is 0.566. The van der Waals surface area contributed by atoms with Crippen LogP contribution in [0.2, 0.25) is 0 Å². The van der Waals surface area contributed by atoms with Crippen LogP contribution in [0.15, 0.2) is 24.3 Å². The molecule has 0 amide bonds. The highest BCUT2D eigenvalue weighted by atomic mass is 19.1. The predicted octanol–water partition coefficient (Wildman–Crippen LogP) is 1.11. The number of benzene rings is 1. The van der Waals surface area contributed by atoms with Crippen LogP contribution in [0.5, 0.6) is 0 Å². The molecule has 1 aromatic rings. The SMILES string of the molecule is Nc1ccc(CC(N)CF)cc1. The number of hydrogen-bond acceptors (Lipinski definition) is 2. The van der Waals surface area contributed by atoms with Crippen molar-refractivity contribution in [3.63, 3.8) is 0 Å². The third kappa shape index (κ3) is 2.51. The van der Waals surface area contributed by atoms with Gasteiger partial charge in [-0.1, -0.05) is 12.1 Å². The number of halogens is 1. The first-order chi connectivity index (χ1) is 5.72. The number of alkyl halides is 1. The van der Waals surface area contributed by atoms with Gasteiger partial charge in [0.05, 0.1) is 0 Å². The van der Waals surface area contributed by atoms with Crippen LogP contribution >= 0.6 is 0 Å². The molecule has 0 aliphatic carbocycles. The topological polar surface area (TPSA) is 52.0 Å². The Morgan fingerprint density at radius 2 is 1.83 bits per heavy atom. The van der Waals surface area contributed by atoms with Crippen LogP contribution in [-0.4, -0.2) is 12.7 Å². The standard InChI is InChI=1S/C9H13FN2/c10-6-9(12)5-7-1-3-8(11)4-2-7/h1-4,9H,5-6,11-12H2. The highest BCUT2D eigenvalue weighted by Crippen LogP contribution is 2.07. The largest absolute Gasteiger partial charge is 0.399 e. The lowest BCUT2D eigenvalue weighted by molar-refractivity contribution is 0.427. The Hall–Kier alpha value is -1.09. The maximum Gasteiger partial charge on any atom is 0.105 e. The van der Waals surface area contributed by atoms with Crippen molar-refractivity contribution in [1.29, 1.82) is 0 Å². The lowest BCUT2D eigenvalue weighted by atomic mass is 10.1. The summed E-state index contributed by atoms with van der Waals surface area (Å²) in [6, 6.07) is 6.92. The van der Waals surface area contributed by atoms with Gasteiger partial charge in [-0.05, 0) is 24.1 Å². The van der Waals surface area contributed by atoms with Gasteiger partial charge in [0.25, 0.3) is 0 Å². The summed E-state index contributed by atoms with van der Waals surface area (Å²) in [6.45, 7) is -0.482. The van der Waals surface area contributed by atoms with E-state index in [0.29, 0.717) is 12.1 Å². The minimum absolute atomic E-state index is 0.395. The van der Waals surface area contributed by atoms with E-state index in [1.807, 2.05) is 12.1 Å². The molecule has 1 atom stereocenters. The quantitative estimate of drug-likeness (QED) is 0.664. The van der Waals surface area contributed by atoms with Gasteiger partial charge in [-0.2, -0.15) is 0 Å². The third-order valence-electron chi connectivity index (χ3n) is 1.68. The maximum atomic E-state index is 12.0. The summed E-state index contributed by atoms with van der Waals surface area (Å²) in [5, 5.41) is 0. The first-order valence-electron chi connectivity index (χ1n) is 3.88. The average molecular weight is 168 g/mol. The lowest BCUT2D eigenvalue weighted by Crippen LogP contribution is -2.24. The zero-order valence-corrected chi connectivity index (χ0v) is 6.83. The zero-order valence-electron chi connectivity index (χ0n) is 6.83. The lowest BCUT2D eigenvalue weighted by Gasteiger charge is -2.06. The molecule has 66 valence electrons. The van der Waals surface area contributed by atoms with E-state index in [1.165, 1.54) is 0 Å². The van der Waals surface area contributed by atoms with Gasteiger partial charge in [0.1, 0.15) is 6.67 Å². The summed E-state index contributed by atoms with van der Waals surface area (Å²) in [5.41, 5.74) is 12.7. The summed E-state index contributed by atoms with van der Waals surface area (Å²) in [5.74, 6) is 0. The van der Waals surface area contributed by atoms with Gasteiger partial charge in [0.2, 0.25) is 0 Å². The molecule has 0 saturated heterocycles. The van der Waals surface area contributed by atoms with Crippen molar-refractivity contribution in [2.45, 2.75) is 12.5 Å². The molecule has 3 heteroatoms. The molecule has 1 unspecified atom stereocenters. The summed E-state index contributed by atoms with van der Waals surface area (Å²) in [4.78, 5) is 0. The molecule has 0 fully saturated rings. The van der Waals surface area contributed by atoms with Gasteiger partial charge in [0, 0.05) is 11.7 Å². The number of nitrogen functional groups attached to an aromatic ring is 1. The van der Waals surface area contributed by atoms with Crippen molar-refractivity contribution in [3.05, 3.63) is 29.8 Å². The third-order valence-corrected chi connectivity index (χ3v) is 1.68. The molecule has 0 radical (unpaired) electrons. The number of anilines is 1. The molecular weight excluding hydrogens is 155 g/mol. The van der Waals surface area contributed by atoms with E-state index in [2.05, 4.69) is 0 Å². The van der Waals surface area contributed by atoms with E-state index in [4.69, 9.17) is 11.5 Å². The fourth-order valence-electron chi connectivity index (χ4n) is 1.01. The van der Waals surface area contributed by atoms with Crippen molar-refractivity contribution in [2.24, 2.45) is 5.73 Å². The minimum Gasteiger partial charge on any atom is -0.399 e. The second-order valence-electron chi connectivity index (χ2n) is 2.86. The van der Waals surface area contributed by atoms with Gasteiger partial charge in [-0.3, -0.25) is 0 Å². The molecule has 0 aliphatic heterocycles. The molecule has 0 saturated carbocycles. The molecule has 0 aromatic heterocycles. The molecule has 1 aromatic carbocycles. The summed E-state index contributed by atoms with van der Waals surface area (Å²) in [7, 11) is 0. The number of hydrogen-bond donors (Lipinski definition) is 2. The van der Waals surface area contributed by atoms with Crippen molar-refractivity contribution < 1.29 is 4.39 Å². The van der Waals surface area contributed by atoms with E-state index in [-0.39, 0.29) is 0 Å². The average Bonchev–Trinajstić information content (AvgIpc) is 2.09. The second-order valence-corrected chi connectivity index (χ2v) is 2.86. The van der Waals surface area contributed by atoms with Gasteiger partial charge in [0.15, 0.2) is 0 Å². The highest BCUT2D eigenvalue weighted by molar-refractivity contribution is 5.39. The Bertz CT molecular complexity index is 233. The van der Waals surface area contributed by atoms with E-state index in [0.717, 1.165) is 5.56 Å². The molecule has 0 heterocycles. The predicted molar refractivity (Wildman–Crippen MR) is 48.5 cm³/mol. The van der Waals surface area contributed by atoms with E-state index < -0.39 is 12.7 Å². The first-order valence-corrected chi connectivity index (χ1v) is 3.88. The van der Waals surface area contributed by atoms with Crippen molar-refractivity contribution in [2.75, 3.05) is 12.4 Å². The molecule has 12 heavy (non-hydrogen) atoms. The smallest absolute Gasteiger partial charge is 0.105 e. The monoisotopic (exact) mass is 168 g/mol. The van der Waals surface area contributed by atoms with Gasteiger partial charge in [-0.25, -0.2) is 4.39 Å². The Kier molecular flexibility index (Phi) is 3.05. The van der Waals surface area contributed by atoms with Crippen molar-refractivity contribution in [1.82, 2.24) is 0 Å². The van der Waals surface area contributed by atoms with Gasteiger partial charge < -0.3 is 11.5 Å². The van der Waals surface area contributed by atoms with Crippen LogP contribution in [0.4, 0.5) is 10.1 Å². The van der Waals surface area contributed by atoms with E-state index >= 15 is 0 Å². The van der Waals surface area contributed by atoms with Gasteiger partial charge in [-0.15, -0.1) is 0 Å². The molecule has 4 N–H and O–H groups in total. The van der Waals surface area contributed by atoms with Crippen LogP contribution in [0, 0.1) is 0 Å². The van der Waals surface area contributed by atoms with Crippen molar-refractivity contribution >= 4 is 5.69 Å². The minimum atomic E-state index is -0.482. The van der Waals surface area contributed by atoms with Crippen LogP contribution in [0.25, 0.3) is 0 Å². The normalized spacial score (nSPS) is 12.8. The Morgan fingerprint density at radius 3 is 2.33 bits per heavy atom. The Morgan fingerprint density at radius 1 is 1.25 bits per heavy atom. The number of nitrogens with two attached hydrogens (primary N) is 2. The Labute approximate surface area is 71.4 Å². The molecule has 0 bridgehead atoms. The van der Waals surface area contributed by atoms with E-state index in [9.17, 15) is 4.39 Å². The fourth-order valence-corrected chi connectivity index (χ4v) is 1.01. The van der Waals surface area contributed by atoms with E-state index in [1.54, 1.807) is 12.1 Å². The van der Waals surface area contributed by atoms with Crippen LogP contribution in [0.1, 0.15) is 5.56 Å². The second kappa shape index (κ2) is 4.07. The first kappa shape index (κ1) is 9.00. The van der Waals surface area contributed by atoms with Gasteiger partial charge >= 0.3 is 0 Å². The maximum absolute atomic E-state index is 12.0. The fraction of sp³-hybridized carbons (Fsp3) is 0.333. The van der Waals surface area contributed by atoms with Crippen molar-refractivity contribution in [3.8, 4) is 0 Å². The Balaban J connectivity index is 2.58. The van der Waals surface area contributed by atoms with Crippen LogP contribution in [-0.2, 0) is 6.42 Å². The molecule has 0 aliphatic rings.